The summed E-state index contributed by atoms with van der Waals surface area (Å²) < 4.78 is 19.2. The van der Waals surface area contributed by atoms with E-state index in [1.165, 1.54) is 29.0 Å². The first kappa shape index (κ1) is 19.3. The number of hydrogen-bond donors (Lipinski definition) is 0. The van der Waals surface area contributed by atoms with Gasteiger partial charge in [-0.2, -0.15) is 0 Å². The van der Waals surface area contributed by atoms with Crippen LogP contribution in [0.15, 0.2) is 47.4 Å². The number of ether oxygens (including phenoxy) is 1. The lowest BCUT2D eigenvalue weighted by molar-refractivity contribution is -0.132. The molecular formula is C22H25FN2O2S. The molecule has 6 heteroatoms. The Kier molecular flexibility index (Phi) is 6.17. The summed E-state index contributed by atoms with van der Waals surface area (Å²) in [7, 11) is 0. The van der Waals surface area contributed by atoms with Crippen molar-refractivity contribution in [3.8, 4) is 5.75 Å². The van der Waals surface area contributed by atoms with Gasteiger partial charge in [0.05, 0.1) is 6.61 Å². The molecule has 0 bridgehead atoms. The zero-order chi connectivity index (χ0) is 19.3. The predicted octanol–water partition coefficient (Wildman–Crippen LogP) is 3.59. The van der Waals surface area contributed by atoms with Crippen LogP contribution in [-0.2, 0) is 17.8 Å². The average molecular weight is 401 g/mol. The Morgan fingerprint density at radius 1 is 1.11 bits per heavy atom. The molecule has 0 unspecified atom stereocenters. The molecular weight excluding hydrogens is 375 g/mol. The van der Waals surface area contributed by atoms with Crippen molar-refractivity contribution < 1.29 is 13.9 Å². The third-order valence-corrected chi connectivity index (χ3v) is 6.35. The summed E-state index contributed by atoms with van der Waals surface area (Å²) >= 11 is 1.41. The molecule has 0 radical (unpaired) electrons. The quantitative estimate of drug-likeness (QED) is 0.694. The summed E-state index contributed by atoms with van der Waals surface area (Å²) in [6.45, 7) is 5.00. The highest BCUT2D eigenvalue weighted by Crippen LogP contribution is 2.26. The zero-order valence-corrected chi connectivity index (χ0v) is 16.7. The van der Waals surface area contributed by atoms with Crippen molar-refractivity contribution in [2.45, 2.75) is 24.3 Å². The van der Waals surface area contributed by atoms with E-state index in [-0.39, 0.29) is 11.7 Å². The van der Waals surface area contributed by atoms with E-state index < -0.39 is 0 Å². The van der Waals surface area contributed by atoms with Gasteiger partial charge in [-0.05, 0) is 29.3 Å². The zero-order valence-electron chi connectivity index (χ0n) is 15.9. The summed E-state index contributed by atoms with van der Waals surface area (Å²) in [6.07, 6.45) is 1.44. The van der Waals surface area contributed by atoms with Gasteiger partial charge in [0.15, 0.2) is 0 Å². The lowest BCUT2D eigenvalue weighted by Gasteiger charge is -2.35. The van der Waals surface area contributed by atoms with Crippen molar-refractivity contribution in [3.05, 3.63) is 59.4 Å². The van der Waals surface area contributed by atoms with Crippen LogP contribution < -0.4 is 4.74 Å². The SMILES string of the molecule is O=C(CCSc1ccccc1F)N1CCN(Cc2ccc3c(c2)CCO3)CC1. The van der Waals surface area contributed by atoms with Gasteiger partial charge in [-0.3, -0.25) is 9.69 Å². The molecule has 0 N–H and O–H groups in total. The standard InChI is InChI=1S/C22H25FN2O2S/c23-19-3-1-2-4-21(19)28-14-8-22(26)25-11-9-24(10-12-25)16-17-5-6-20-18(15-17)7-13-27-20/h1-6,15H,7-14,16H2. The van der Waals surface area contributed by atoms with Crippen molar-refractivity contribution in [3.63, 3.8) is 0 Å². The van der Waals surface area contributed by atoms with E-state index >= 15 is 0 Å². The molecule has 28 heavy (non-hydrogen) atoms. The van der Waals surface area contributed by atoms with Gasteiger partial charge in [0.2, 0.25) is 5.91 Å². The normalized spacial score (nSPS) is 16.7. The van der Waals surface area contributed by atoms with E-state index in [4.69, 9.17) is 4.74 Å². The molecule has 2 aromatic carbocycles. The minimum atomic E-state index is -0.216. The number of piperazine rings is 1. The van der Waals surface area contributed by atoms with Crippen molar-refractivity contribution in [1.82, 2.24) is 9.80 Å². The highest BCUT2D eigenvalue weighted by Gasteiger charge is 2.21. The molecule has 0 aromatic heterocycles. The minimum absolute atomic E-state index is 0.165. The molecule has 1 saturated heterocycles. The van der Waals surface area contributed by atoms with Crippen molar-refractivity contribution >= 4 is 17.7 Å². The Morgan fingerprint density at radius 3 is 2.75 bits per heavy atom. The second kappa shape index (κ2) is 8.97. The summed E-state index contributed by atoms with van der Waals surface area (Å²) in [5.41, 5.74) is 2.61. The molecule has 2 aliphatic heterocycles. The van der Waals surface area contributed by atoms with Crippen LogP contribution in [0.2, 0.25) is 0 Å². The summed E-state index contributed by atoms with van der Waals surface area (Å²) in [5, 5.41) is 0. The molecule has 2 heterocycles. The molecule has 4 nitrogen and oxygen atoms in total. The van der Waals surface area contributed by atoms with Crippen LogP contribution in [0.5, 0.6) is 5.75 Å². The van der Waals surface area contributed by atoms with Crippen LogP contribution in [-0.4, -0.2) is 54.2 Å². The largest absolute Gasteiger partial charge is 0.493 e. The number of fused-ring (bicyclic) bond motifs is 1. The Balaban J connectivity index is 1.20. The van der Waals surface area contributed by atoms with E-state index in [0.29, 0.717) is 17.1 Å². The van der Waals surface area contributed by atoms with E-state index in [0.717, 1.165) is 51.5 Å². The summed E-state index contributed by atoms with van der Waals surface area (Å²) in [6, 6.07) is 13.2. The molecule has 2 aliphatic rings. The fourth-order valence-corrected chi connectivity index (χ4v) is 4.60. The molecule has 1 amide bonds. The molecule has 4 rings (SSSR count). The second-order valence-corrected chi connectivity index (χ2v) is 8.36. The number of rotatable bonds is 6. The molecule has 0 atom stereocenters. The topological polar surface area (TPSA) is 32.8 Å². The van der Waals surface area contributed by atoms with Gasteiger partial charge in [-0.25, -0.2) is 4.39 Å². The first-order valence-corrected chi connectivity index (χ1v) is 10.8. The lowest BCUT2D eigenvalue weighted by atomic mass is 10.1. The number of nitrogens with zero attached hydrogens (tertiary/aromatic N) is 2. The highest BCUT2D eigenvalue weighted by atomic mass is 32.2. The van der Waals surface area contributed by atoms with Crippen LogP contribution in [0.1, 0.15) is 17.5 Å². The number of benzene rings is 2. The maximum Gasteiger partial charge on any atom is 0.223 e. The van der Waals surface area contributed by atoms with E-state index in [1.807, 2.05) is 11.0 Å². The third-order valence-electron chi connectivity index (χ3n) is 5.30. The average Bonchev–Trinajstić information content (AvgIpc) is 3.18. The number of halogens is 1. The van der Waals surface area contributed by atoms with Gasteiger partial charge in [0.25, 0.3) is 0 Å². The van der Waals surface area contributed by atoms with Gasteiger partial charge in [0.1, 0.15) is 11.6 Å². The fraction of sp³-hybridized carbons (Fsp3) is 0.409. The monoisotopic (exact) mass is 400 g/mol. The first-order valence-electron chi connectivity index (χ1n) is 9.81. The number of hydrogen-bond acceptors (Lipinski definition) is 4. The van der Waals surface area contributed by atoms with Crippen LogP contribution in [0.3, 0.4) is 0 Å². The summed E-state index contributed by atoms with van der Waals surface area (Å²) in [5.74, 6) is 1.58. The number of amides is 1. The summed E-state index contributed by atoms with van der Waals surface area (Å²) in [4.78, 5) is 17.4. The van der Waals surface area contributed by atoms with E-state index in [1.54, 1.807) is 12.1 Å². The van der Waals surface area contributed by atoms with Crippen molar-refractivity contribution in [2.24, 2.45) is 0 Å². The maximum absolute atomic E-state index is 13.6. The van der Waals surface area contributed by atoms with Crippen LogP contribution in [0.25, 0.3) is 0 Å². The molecule has 148 valence electrons. The van der Waals surface area contributed by atoms with Crippen LogP contribution >= 0.6 is 11.8 Å². The number of carbonyl (C=O) groups is 1. The molecule has 0 spiro atoms. The number of thioether (sulfide) groups is 1. The smallest absolute Gasteiger partial charge is 0.223 e. The Labute approximate surface area is 169 Å². The van der Waals surface area contributed by atoms with Gasteiger partial charge in [0, 0.05) is 56.2 Å². The molecule has 2 aromatic rings. The lowest BCUT2D eigenvalue weighted by Crippen LogP contribution is -2.48. The highest BCUT2D eigenvalue weighted by molar-refractivity contribution is 7.99. The van der Waals surface area contributed by atoms with E-state index in [9.17, 15) is 9.18 Å². The Hall–Kier alpha value is -2.05. The molecule has 0 aliphatic carbocycles. The first-order chi connectivity index (χ1) is 13.7. The Morgan fingerprint density at radius 2 is 1.93 bits per heavy atom. The minimum Gasteiger partial charge on any atom is -0.493 e. The van der Waals surface area contributed by atoms with Crippen molar-refractivity contribution in [2.75, 3.05) is 38.5 Å². The van der Waals surface area contributed by atoms with Gasteiger partial charge < -0.3 is 9.64 Å². The fourth-order valence-electron chi connectivity index (χ4n) is 3.72. The molecule has 0 saturated carbocycles. The molecule has 1 fully saturated rings. The van der Waals surface area contributed by atoms with Gasteiger partial charge in [-0.1, -0.05) is 24.3 Å². The third kappa shape index (κ3) is 4.67. The van der Waals surface area contributed by atoms with Crippen LogP contribution in [0.4, 0.5) is 4.39 Å². The second-order valence-electron chi connectivity index (χ2n) is 7.23. The van der Waals surface area contributed by atoms with Crippen molar-refractivity contribution in [1.29, 1.82) is 0 Å². The van der Waals surface area contributed by atoms with Gasteiger partial charge in [-0.15, -0.1) is 11.8 Å². The Bertz CT molecular complexity index is 837. The predicted molar refractivity (Wildman–Crippen MR) is 109 cm³/mol. The van der Waals surface area contributed by atoms with Gasteiger partial charge >= 0.3 is 0 Å². The van der Waals surface area contributed by atoms with Crippen LogP contribution in [0, 0.1) is 5.82 Å². The van der Waals surface area contributed by atoms with E-state index in [2.05, 4.69) is 23.1 Å². The number of carbonyl (C=O) groups excluding carboxylic acids is 1. The maximum atomic E-state index is 13.6.